The largest absolute Gasteiger partial charge is 0.337 e. The highest BCUT2D eigenvalue weighted by molar-refractivity contribution is 8.08. The van der Waals surface area contributed by atoms with E-state index in [4.69, 9.17) is 0 Å². The summed E-state index contributed by atoms with van der Waals surface area (Å²) in [6, 6.07) is 16.9. The van der Waals surface area contributed by atoms with Crippen LogP contribution in [0.15, 0.2) is 69.8 Å². The number of benzene rings is 2. The molecule has 2 aromatic carbocycles. The van der Waals surface area contributed by atoms with Gasteiger partial charge in [-0.05, 0) is 31.5 Å². The second kappa shape index (κ2) is 8.73. The molecular formula is C25H24N3OS3+. The molecule has 0 radical (unpaired) electrons. The van der Waals surface area contributed by atoms with Gasteiger partial charge < -0.3 is 4.90 Å². The van der Waals surface area contributed by atoms with E-state index in [0.29, 0.717) is 6.54 Å². The van der Waals surface area contributed by atoms with E-state index in [1.165, 1.54) is 16.0 Å². The molecule has 0 bridgehead atoms. The van der Waals surface area contributed by atoms with Crippen molar-refractivity contribution in [3.63, 3.8) is 0 Å². The molecule has 0 unspecified atom stereocenters. The van der Waals surface area contributed by atoms with Crippen LogP contribution in [0.1, 0.15) is 23.1 Å². The van der Waals surface area contributed by atoms with Crippen molar-refractivity contribution >= 4 is 51.2 Å². The van der Waals surface area contributed by atoms with Gasteiger partial charge in [-0.1, -0.05) is 59.5 Å². The lowest BCUT2D eigenvalue weighted by Gasteiger charge is -2.12. The number of nitrogens with zero attached hydrogens (tertiary/aromatic N) is 3. The van der Waals surface area contributed by atoms with Crippen molar-refractivity contribution in [1.29, 1.82) is 0 Å². The van der Waals surface area contributed by atoms with E-state index in [2.05, 4.69) is 83.6 Å². The predicted molar refractivity (Wildman–Crippen MR) is 136 cm³/mol. The zero-order valence-electron chi connectivity index (χ0n) is 18.2. The first-order valence-corrected chi connectivity index (χ1v) is 13.0. The van der Waals surface area contributed by atoms with Crippen molar-refractivity contribution in [3.8, 4) is 0 Å². The summed E-state index contributed by atoms with van der Waals surface area (Å²) in [5.41, 5.74) is 3.75. The Bertz CT molecular complexity index is 1460. The van der Waals surface area contributed by atoms with Crippen molar-refractivity contribution in [3.05, 3.63) is 95.8 Å². The summed E-state index contributed by atoms with van der Waals surface area (Å²) in [5.74, 6) is 0. The molecule has 0 fully saturated rings. The van der Waals surface area contributed by atoms with Gasteiger partial charge in [0.05, 0.1) is 17.1 Å². The van der Waals surface area contributed by atoms with Gasteiger partial charge in [0.25, 0.3) is 10.6 Å². The maximum Gasteiger partial charge on any atom is 0.271 e. The SMILES string of the molecule is CCn1c(=Cc2scc[n+]2Cc2ccccc2)sc(=C2Sc3cc(C)ccc3N2C)c1=O. The Labute approximate surface area is 199 Å². The van der Waals surface area contributed by atoms with E-state index < -0.39 is 0 Å². The molecule has 0 atom stereocenters. The lowest BCUT2D eigenvalue weighted by molar-refractivity contribution is -0.685. The third kappa shape index (κ3) is 3.85. The van der Waals surface area contributed by atoms with Crippen molar-refractivity contribution in [2.75, 3.05) is 11.9 Å². The van der Waals surface area contributed by atoms with Crippen molar-refractivity contribution < 1.29 is 4.57 Å². The molecule has 2 aromatic heterocycles. The molecular weight excluding hydrogens is 454 g/mol. The predicted octanol–water partition coefficient (Wildman–Crippen LogP) is 3.77. The van der Waals surface area contributed by atoms with Crippen LogP contribution in [0.5, 0.6) is 0 Å². The van der Waals surface area contributed by atoms with Gasteiger partial charge in [-0.15, -0.1) is 11.3 Å². The minimum Gasteiger partial charge on any atom is -0.337 e. The molecule has 4 nitrogen and oxygen atoms in total. The van der Waals surface area contributed by atoms with Gasteiger partial charge in [-0.3, -0.25) is 9.36 Å². The monoisotopic (exact) mass is 478 g/mol. The second-order valence-electron chi connectivity index (χ2n) is 7.76. The van der Waals surface area contributed by atoms with Gasteiger partial charge >= 0.3 is 0 Å². The van der Waals surface area contributed by atoms with E-state index in [0.717, 1.165) is 31.5 Å². The zero-order chi connectivity index (χ0) is 22.2. The lowest BCUT2D eigenvalue weighted by Crippen LogP contribution is -2.36. The van der Waals surface area contributed by atoms with Crippen LogP contribution in [0.2, 0.25) is 0 Å². The minimum atomic E-state index is 0.0915. The van der Waals surface area contributed by atoms with Crippen LogP contribution in [0, 0.1) is 6.92 Å². The number of thiazole rings is 2. The molecule has 0 N–H and O–H groups in total. The zero-order valence-corrected chi connectivity index (χ0v) is 20.7. The highest BCUT2D eigenvalue weighted by Crippen LogP contribution is 2.45. The van der Waals surface area contributed by atoms with Gasteiger partial charge in [0.15, 0.2) is 12.7 Å². The molecule has 5 rings (SSSR count). The number of anilines is 1. The molecule has 32 heavy (non-hydrogen) atoms. The molecule has 7 heteroatoms. The summed E-state index contributed by atoms with van der Waals surface area (Å²) < 4.78 is 5.94. The summed E-state index contributed by atoms with van der Waals surface area (Å²) in [6.45, 7) is 5.61. The average molecular weight is 479 g/mol. The first-order valence-electron chi connectivity index (χ1n) is 10.5. The highest BCUT2D eigenvalue weighted by atomic mass is 32.2. The van der Waals surface area contributed by atoms with Crippen LogP contribution < -0.4 is 24.2 Å². The van der Waals surface area contributed by atoms with E-state index in [1.54, 1.807) is 34.4 Å². The Hall–Kier alpha value is -2.61. The van der Waals surface area contributed by atoms with Crippen molar-refractivity contribution in [1.82, 2.24) is 4.57 Å². The summed E-state index contributed by atoms with van der Waals surface area (Å²) in [5, 5.41) is 4.26. The van der Waals surface area contributed by atoms with Crippen molar-refractivity contribution in [2.45, 2.75) is 31.8 Å². The quantitative estimate of drug-likeness (QED) is 0.418. The van der Waals surface area contributed by atoms with Gasteiger partial charge in [0.2, 0.25) is 0 Å². The van der Waals surface area contributed by atoms with E-state index in [1.807, 2.05) is 17.6 Å². The number of hydrogen-bond donors (Lipinski definition) is 0. The molecule has 0 saturated heterocycles. The third-order valence-electron chi connectivity index (χ3n) is 5.57. The van der Waals surface area contributed by atoms with Crippen LogP contribution in [0.4, 0.5) is 5.69 Å². The van der Waals surface area contributed by atoms with Crippen LogP contribution in [0.3, 0.4) is 0 Å². The Morgan fingerprint density at radius 2 is 1.94 bits per heavy atom. The molecule has 162 valence electrons. The van der Waals surface area contributed by atoms with E-state index in [9.17, 15) is 4.79 Å². The normalized spacial score (nSPS) is 15.5. The molecule has 1 aliphatic rings. The number of thioether (sulfide) groups is 1. The topological polar surface area (TPSA) is 29.1 Å². The van der Waals surface area contributed by atoms with Gasteiger partial charge in [-0.2, -0.15) is 4.57 Å². The maximum atomic E-state index is 13.4. The van der Waals surface area contributed by atoms with Crippen LogP contribution >= 0.6 is 34.4 Å². The van der Waals surface area contributed by atoms with E-state index >= 15 is 0 Å². The van der Waals surface area contributed by atoms with Crippen molar-refractivity contribution in [2.24, 2.45) is 0 Å². The molecule has 3 heterocycles. The Kier molecular flexibility index (Phi) is 5.80. The smallest absolute Gasteiger partial charge is 0.271 e. The van der Waals surface area contributed by atoms with Gasteiger partial charge in [0.1, 0.15) is 14.2 Å². The Morgan fingerprint density at radius 1 is 1.12 bits per heavy atom. The molecule has 0 aliphatic carbocycles. The standard InChI is InChI=1S/C25H24N3OS3/c1-4-28-22(15-21-27(12-13-30-21)16-18-8-6-5-7-9-18)32-23(24(28)29)25-26(3)19-11-10-17(2)14-20(19)31-25/h5-15H,4,16H2,1-3H3/q+1. The highest BCUT2D eigenvalue weighted by Gasteiger charge is 2.25. The molecule has 0 amide bonds. The first-order chi connectivity index (χ1) is 15.5. The van der Waals surface area contributed by atoms with Crippen LogP contribution in [0.25, 0.3) is 11.1 Å². The number of rotatable bonds is 4. The third-order valence-corrected chi connectivity index (χ3v) is 8.88. The fraction of sp³-hybridized carbons (Fsp3) is 0.200. The summed E-state index contributed by atoms with van der Waals surface area (Å²) in [4.78, 5) is 16.7. The summed E-state index contributed by atoms with van der Waals surface area (Å²) in [6.07, 6.45) is 4.27. The fourth-order valence-corrected chi connectivity index (χ4v) is 7.29. The van der Waals surface area contributed by atoms with Crippen LogP contribution in [-0.4, -0.2) is 11.6 Å². The number of aryl methyl sites for hydroxylation is 1. The number of fused-ring (bicyclic) bond motifs is 1. The number of aromatic nitrogens is 2. The molecule has 0 spiro atoms. The molecule has 4 aromatic rings. The molecule has 1 aliphatic heterocycles. The maximum absolute atomic E-state index is 13.4. The fourth-order valence-electron chi connectivity index (χ4n) is 3.88. The Morgan fingerprint density at radius 3 is 2.72 bits per heavy atom. The number of hydrogen-bond acceptors (Lipinski definition) is 5. The average Bonchev–Trinajstić information content (AvgIpc) is 3.45. The first kappa shape index (κ1) is 21.2. The van der Waals surface area contributed by atoms with Gasteiger partial charge in [0, 0.05) is 24.1 Å². The van der Waals surface area contributed by atoms with Crippen LogP contribution in [-0.2, 0) is 13.1 Å². The van der Waals surface area contributed by atoms with E-state index in [-0.39, 0.29) is 5.56 Å². The summed E-state index contributed by atoms with van der Waals surface area (Å²) >= 11 is 4.98. The second-order valence-corrected chi connectivity index (χ2v) is 10.7. The molecule has 0 saturated carbocycles. The minimum absolute atomic E-state index is 0.0915. The Balaban J connectivity index is 1.61. The van der Waals surface area contributed by atoms with Gasteiger partial charge in [-0.25, -0.2) is 0 Å². The lowest BCUT2D eigenvalue weighted by atomic mass is 10.2. The summed E-state index contributed by atoms with van der Waals surface area (Å²) in [7, 11) is 2.05.